The van der Waals surface area contributed by atoms with E-state index in [-0.39, 0.29) is 21.5 Å². The molecule has 1 atom stereocenters. The monoisotopic (exact) mass is 608 g/mol. The third-order valence-corrected chi connectivity index (χ3v) is 6.46. The highest BCUT2D eigenvalue weighted by Gasteiger charge is 2.45. The van der Waals surface area contributed by atoms with E-state index < -0.39 is 35.0 Å². The summed E-state index contributed by atoms with van der Waals surface area (Å²) in [5, 5.41) is 0.344. The molecule has 1 aromatic carbocycles. The van der Waals surface area contributed by atoms with Crippen molar-refractivity contribution in [2.45, 2.75) is 19.1 Å². The molecule has 6 nitrogen and oxygen atoms in total. The number of allylic oxidation sites excluding steroid dienone is 1. The van der Waals surface area contributed by atoms with Crippen LogP contribution in [-0.4, -0.2) is 23.3 Å². The molecule has 0 saturated heterocycles. The number of alkyl halides is 3. The van der Waals surface area contributed by atoms with Gasteiger partial charge in [-0.15, -0.1) is 0 Å². The Morgan fingerprint density at radius 1 is 1.30 bits per heavy atom. The molecule has 0 unspecified atom stereocenters. The summed E-state index contributed by atoms with van der Waals surface area (Å²) < 4.78 is 54.1. The van der Waals surface area contributed by atoms with Crippen LogP contribution >= 0.6 is 45.5 Å². The molecule has 33 heavy (non-hydrogen) atoms. The van der Waals surface area contributed by atoms with E-state index in [4.69, 9.17) is 20.8 Å². The summed E-state index contributed by atoms with van der Waals surface area (Å²) >= 11 is 8.66. The van der Waals surface area contributed by atoms with E-state index >= 15 is 0 Å². The summed E-state index contributed by atoms with van der Waals surface area (Å²) in [6, 6.07) is 7.74. The number of carbonyl (C=O) groups excluding carboxylic acids is 1. The van der Waals surface area contributed by atoms with Gasteiger partial charge in [-0.1, -0.05) is 35.1 Å². The van der Waals surface area contributed by atoms with Crippen LogP contribution in [0.2, 0.25) is 5.02 Å². The minimum atomic E-state index is -4.96. The van der Waals surface area contributed by atoms with Gasteiger partial charge < -0.3 is 9.15 Å². The van der Waals surface area contributed by atoms with Gasteiger partial charge in [0.15, 0.2) is 14.3 Å². The lowest BCUT2D eigenvalue weighted by molar-refractivity contribution is -0.140. The Hall–Kier alpha value is -2.38. The Morgan fingerprint density at radius 2 is 2.00 bits per heavy atom. The number of hydrogen-bond acceptors (Lipinski definition) is 6. The molecule has 4 rings (SSSR count). The molecule has 0 N–H and O–H groups in total. The van der Waals surface area contributed by atoms with Gasteiger partial charge in [0.2, 0.25) is 0 Å². The maximum Gasteiger partial charge on any atom is 0.434 e. The van der Waals surface area contributed by atoms with Gasteiger partial charge in [0.1, 0.15) is 5.76 Å². The molecule has 2 aromatic heterocycles. The quantitative estimate of drug-likeness (QED) is 0.329. The molecule has 172 valence electrons. The number of esters is 1. The van der Waals surface area contributed by atoms with Crippen molar-refractivity contribution in [2.75, 3.05) is 6.61 Å². The van der Waals surface area contributed by atoms with E-state index in [1.165, 1.54) is 37.3 Å². The highest BCUT2D eigenvalue weighted by atomic mass is 127. The smallest absolute Gasteiger partial charge is 0.434 e. The van der Waals surface area contributed by atoms with Crippen LogP contribution in [0, 0.1) is 3.77 Å². The second-order valence-electron chi connectivity index (χ2n) is 6.76. The van der Waals surface area contributed by atoms with Crippen molar-refractivity contribution in [2.24, 2.45) is 4.99 Å². The molecular formula is C21H13ClF3IN2O4S. The number of thiazole rings is 1. The van der Waals surface area contributed by atoms with Crippen molar-refractivity contribution in [3.63, 3.8) is 0 Å². The second-order valence-corrected chi connectivity index (χ2v) is 9.27. The topological polar surface area (TPSA) is 73.8 Å². The van der Waals surface area contributed by atoms with Gasteiger partial charge in [0.25, 0.3) is 5.56 Å². The number of ether oxygens (including phenoxy) is 1. The molecule has 1 aliphatic heterocycles. The summed E-state index contributed by atoms with van der Waals surface area (Å²) in [4.78, 5) is 29.5. The molecule has 0 amide bonds. The van der Waals surface area contributed by atoms with Crippen molar-refractivity contribution in [3.05, 3.63) is 87.5 Å². The Labute approximate surface area is 206 Å². The Bertz CT molecular complexity index is 1440. The first kappa shape index (κ1) is 23.8. The van der Waals surface area contributed by atoms with Gasteiger partial charge in [-0.2, -0.15) is 13.2 Å². The van der Waals surface area contributed by atoms with Gasteiger partial charge >= 0.3 is 12.1 Å². The summed E-state index contributed by atoms with van der Waals surface area (Å²) in [5.74, 6) is -0.850. The Morgan fingerprint density at radius 3 is 2.58 bits per heavy atom. The SMILES string of the molecule is CCOC(=O)C1=C(C(F)(F)F)N=c2s/c(=C\c3ccc(I)o3)c(=O)n2[C@H]1c1ccc(Cl)cc1. The molecule has 1 aliphatic rings. The van der Waals surface area contributed by atoms with Crippen molar-refractivity contribution in [1.29, 1.82) is 0 Å². The molecule has 0 saturated carbocycles. The van der Waals surface area contributed by atoms with Crippen molar-refractivity contribution in [1.82, 2.24) is 4.57 Å². The maximum atomic E-state index is 14.0. The predicted octanol–water partition coefficient (Wildman–Crippen LogP) is 4.19. The lowest BCUT2D eigenvalue weighted by Gasteiger charge is -2.26. The van der Waals surface area contributed by atoms with E-state index in [0.29, 0.717) is 14.5 Å². The molecule has 3 heterocycles. The fourth-order valence-electron chi connectivity index (χ4n) is 3.34. The molecule has 0 aliphatic carbocycles. The molecule has 0 spiro atoms. The average molecular weight is 609 g/mol. The fourth-order valence-corrected chi connectivity index (χ4v) is 4.88. The first-order chi connectivity index (χ1) is 15.6. The lowest BCUT2D eigenvalue weighted by atomic mass is 9.95. The number of rotatable bonds is 4. The first-order valence-corrected chi connectivity index (χ1v) is 11.7. The Balaban J connectivity index is 2.05. The summed E-state index contributed by atoms with van der Waals surface area (Å²) in [5.41, 5.74) is -2.54. The third-order valence-electron chi connectivity index (χ3n) is 4.65. The average Bonchev–Trinajstić information content (AvgIpc) is 3.30. The number of hydrogen-bond donors (Lipinski definition) is 0. The number of carbonyl (C=O) groups is 1. The molecule has 0 bridgehead atoms. The molecule has 0 fully saturated rings. The minimum Gasteiger partial charge on any atom is -0.463 e. The summed E-state index contributed by atoms with van der Waals surface area (Å²) in [6.45, 7) is 1.32. The van der Waals surface area contributed by atoms with E-state index in [1.54, 1.807) is 12.1 Å². The maximum absolute atomic E-state index is 14.0. The lowest BCUT2D eigenvalue weighted by Crippen LogP contribution is -2.41. The fraction of sp³-hybridized carbons (Fsp3) is 0.190. The molecule has 0 radical (unpaired) electrons. The highest BCUT2D eigenvalue weighted by molar-refractivity contribution is 14.1. The van der Waals surface area contributed by atoms with Crippen LogP contribution in [0.5, 0.6) is 0 Å². The van der Waals surface area contributed by atoms with E-state index in [0.717, 1.165) is 15.9 Å². The number of halogens is 5. The van der Waals surface area contributed by atoms with Crippen molar-refractivity contribution >= 4 is 57.6 Å². The first-order valence-electron chi connectivity index (χ1n) is 9.41. The van der Waals surface area contributed by atoms with Gasteiger partial charge in [0, 0.05) is 11.1 Å². The van der Waals surface area contributed by atoms with E-state index in [2.05, 4.69) is 4.99 Å². The van der Waals surface area contributed by atoms with Gasteiger partial charge in [-0.3, -0.25) is 9.36 Å². The number of nitrogens with zero attached hydrogens (tertiary/aromatic N) is 2. The van der Waals surface area contributed by atoms with Gasteiger partial charge in [-0.05, 0) is 59.3 Å². The highest BCUT2D eigenvalue weighted by Crippen LogP contribution is 2.38. The third kappa shape index (κ3) is 4.66. The zero-order valence-electron chi connectivity index (χ0n) is 16.7. The van der Waals surface area contributed by atoms with Gasteiger partial charge in [0.05, 0.1) is 22.8 Å². The summed E-state index contributed by atoms with van der Waals surface area (Å²) in [7, 11) is 0. The van der Waals surface area contributed by atoms with E-state index in [1.807, 2.05) is 22.6 Å². The van der Waals surface area contributed by atoms with Crippen molar-refractivity contribution < 1.29 is 27.1 Å². The van der Waals surface area contributed by atoms with Crippen LogP contribution in [0.25, 0.3) is 6.08 Å². The zero-order valence-corrected chi connectivity index (χ0v) is 20.4. The van der Waals surface area contributed by atoms with Crippen LogP contribution in [0.4, 0.5) is 13.2 Å². The number of benzene rings is 1. The van der Waals surface area contributed by atoms with Gasteiger partial charge in [-0.25, -0.2) is 9.79 Å². The standard InChI is InChI=1S/C21H13ClF3IN2O4S/c1-2-31-19(30)15-16(10-3-5-11(22)6-4-10)28-18(29)13(9-12-7-8-14(26)32-12)33-20(28)27-17(15)21(23,24)25/h3-9,16H,2H2,1H3/b13-9-/t16-/m0/s1. The van der Waals surface area contributed by atoms with E-state index in [9.17, 15) is 22.8 Å². The van der Waals surface area contributed by atoms with Crippen LogP contribution in [0.3, 0.4) is 0 Å². The van der Waals surface area contributed by atoms with Crippen LogP contribution in [0.15, 0.2) is 61.9 Å². The molecular weight excluding hydrogens is 596 g/mol. The zero-order chi connectivity index (χ0) is 23.9. The van der Waals surface area contributed by atoms with Crippen LogP contribution in [0.1, 0.15) is 24.3 Å². The predicted molar refractivity (Wildman–Crippen MR) is 124 cm³/mol. The second kappa shape index (κ2) is 9.11. The number of furan rings is 1. The van der Waals surface area contributed by atoms with Crippen LogP contribution in [-0.2, 0) is 9.53 Å². The van der Waals surface area contributed by atoms with Crippen LogP contribution < -0.4 is 14.9 Å². The number of fused-ring (bicyclic) bond motifs is 1. The molecule has 12 heteroatoms. The normalized spacial score (nSPS) is 16.5. The molecule has 3 aromatic rings. The largest absolute Gasteiger partial charge is 0.463 e. The summed E-state index contributed by atoms with van der Waals surface area (Å²) in [6.07, 6.45) is -3.54. The van der Waals surface area contributed by atoms with Crippen molar-refractivity contribution in [3.8, 4) is 0 Å². The Kier molecular flexibility index (Phi) is 6.56. The minimum absolute atomic E-state index is 0.102. The number of aromatic nitrogens is 1.